The van der Waals surface area contributed by atoms with Crippen molar-refractivity contribution in [2.75, 3.05) is 26.8 Å². The molecule has 1 saturated heterocycles. The molecule has 0 bridgehead atoms. The van der Waals surface area contributed by atoms with Crippen molar-refractivity contribution in [3.05, 3.63) is 61.0 Å². The fraction of sp³-hybridized carbons (Fsp3) is 0.400. The summed E-state index contributed by atoms with van der Waals surface area (Å²) in [6, 6.07) is 7.02. The second-order valence-corrected chi connectivity index (χ2v) is 6.45. The smallest absolute Gasteiger partial charge is 0.123 e. The molecule has 2 aromatic rings. The van der Waals surface area contributed by atoms with E-state index < -0.39 is 0 Å². The molecule has 1 aromatic heterocycles. The van der Waals surface area contributed by atoms with Crippen molar-refractivity contribution < 1.29 is 4.39 Å². The number of likely N-dealkylation sites (tertiary alicyclic amines) is 1. The van der Waals surface area contributed by atoms with Crippen molar-refractivity contribution in [3.63, 3.8) is 0 Å². The molecule has 1 aromatic carbocycles. The van der Waals surface area contributed by atoms with Gasteiger partial charge >= 0.3 is 0 Å². The Morgan fingerprint density at radius 2 is 2.22 bits per heavy atom. The molecule has 27 heavy (non-hydrogen) atoms. The van der Waals surface area contributed by atoms with E-state index in [1.807, 2.05) is 12.3 Å². The zero-order valence-electron chi connectivity index (χ0n) is 16.0. The van der Waals surface area contributed by atoms with Crippen LogP contribution < -0.4 is 16.8 Å². The number of aromatic nitrogens is 1. The maximum Gasteiger partial charge on any atom is 0.123 e. The summed E-state index contributed by atoms with van der Waals surface area (Å²) in [7, 11) is 1.50. The van der Waals surface area contributed by atoms with Gasteiger partial charge in [-0.15, -0.1) is 0 Å². The number of rotatable bonds is 7. The van der Waals surface area contributed by atoms with Crippen LogP contribution in [-0.4, -0.2) is 47.6 Å². The molecule has 3 rings (SSSR count). The summed E-state index contributed by atoms with van der Waals surface area (Å²) in [6.45, 7) is 11.0. The quantitative estimate of drug-likeness (QED) is 0.559. The van der Waals surface area contributed by atoms with E-state index in [0.717, 1.165) is 48.3 Å². The molecular formula is C20H31FN6. The van der Waals surface area contributed by atoms with E-state index in [2.05, 4.69) is 39.0 Å². The number of aromatic amines is 1. The molecule has 148 valence electrons. The van der Waals surface area contributed by atoms with E-state index in [9.17, 15) is 4.39 Å². The fourth-order valence-electron chi connectivity index (χ4n) is 3.44. The van der Waals surface area contributed by atoms with Gasteiger partial charge in [0.1, 0.15) is 5.82 Å². The van der Waals surface area contributed by atoms with Crippen molar-refractivity contribution in [3.8, 4) is 0 Å². The summed E-state index contributed by atoms with van der Waals surface area (Å²) in [5.41, 5.74) is 12.4. The van der Waals surface area contributed by atoms with Crippen LogP contribution in [0.5, 0.6) is 0 Å². The van der Waals surface area contributed by atoms with Crippen LogP contribution in [0.1, 0.15) is 18.5 Å². The van der Waals surface area contributed by atoms with Crippen LogP contribution in [-0.2, 0) is 6.54 Å². The number of H-pyrrole nitrogens is 1. The third-order valence-corrected chi connectivity index (χ3v) is 4.79. The van der Waals surface area contributed by atoms with Crippen LogP contribution in [0.15, 0.2) is 49.4 Å². The van der Waals surface area contributed by atoms with Crippen molar-refractivity contribution in [1.29, 1.82) is 0 Å². The lowest BCUT2D eigenvalue weighted by atomic mass is 10.0. The Hall–Kier alpha value is -2.51. The number of benzene rings is 1. The van der Waals surface area contributed by atoms with Crippen LogP contribution in [0, 0.1) is 5.82 Å². The first-order chi connectivity index (χ1) is 13.1. The lowest BCUT2D eigenvalue weighted by molar-refractivity contribution is 0.148. The standard InChI is InChI=1S/C19H26FN5.CH5N/c1-3-24-8-4-5-18(12-24)25(13-21)14(2)22-11-17-10-15-9-16(20)6-7-19(15)23-17;1-2/h3,6-7,9-10,18,22-23H,1-2,4-5,8,11-13,21H2;2H2,1H3. The summed E-state index contributed by atoms with van der Waals surface area (Å²) in [5, 5.41) is 4.21. The minimum atomic E-state index is -0.228. The number of nitrogens with zero attached hydrogens (tertiary/aromatic N) is 2. The Morgan fingerprint density at radius 1 is 1.44 bits per heavy atom. The Balaban J connectivity index is 0.00000126. The SMILES string of the molecule is C=CN1CCCC(N(CN)C(=C)NCc2cc3cc(F)ccc3[nH]2)C1.CN. The highest BCUT2D eigenvalue weighted by molar-refractivity contribution is 5.80. The van der Waals surface area contributed by atoms with Gasteiger partial charge in [-0.1, -0.05) is 13.2 Å². The molecule has 6 N–H and O–H groups in total. The number of nitrogens with two attached hydrogens (primary N) is 2. The highest BCUT2D eigenvalue weighted by atomic mass is 19.1. The van der Waals surface area contributed by atoms with Gasteiger partial charge in [0.25, 0.3) is 0 Å². The number of hydrogen-bond donors (Lipinski definition) is 4. The van der Waals surface area contributed by atoms with Gasteiger partial charge in [0.05, 0.1) is 19.0 Å². The van der Waals surface area contributed by atoms with Gasteiger partial charge in [0.15, 0.2) is 0 Å². The fourth-order valence-corrected chi connectivity index (χ4v) is 3.44. The molecule has 1 aliphatic rings. The minimum Gasteiger partial charge on any atom is -0.376 e. The van der Waals surface area contributed by atoms with Gasteiger partial charge in [0.2, 0.25) is 0 Å². The lowest BCUT2D eigenvalue weighted by Gasteiger charge is -2.40. The number of fused-ring (bicyclic) bond motifs is 1. The molecule has 0 radical (unpaired) electrons. The topological polar surface area (TPSA) is 86.3 Å². The molecule has 6 nitrogen and oxygen atoms in total. The predicted octanol–water partition coefficient (Wildman–Crippen LogP) is 2.27. The molecular weight excluding hydrogens is 343 g/mol. The Morgan fingerprint density at radius 3 is 2.93 bits per heavy atom. The first kappa shape index (κ1) is 20.8. The Kier molecular flexibility index (Phi) is 7.69. The zero-order chi connectivity index (χ0) is 19.8. The summed E-state index contributed by atoms with van der Waals surface area (Å²) in [4.78, 5) is 7.62. The van der Waals surface area contributed by atoms with Crippen molar-refractivity contribution in [2.24, 2.45) is 11.5 Å². The van der Waals surface area contributed by atoms with E-state index in [1.54, 1.807) is 6.07 Å². The third kappa shape index (κ3) is 5.24. The minimum absolute atomic E-state index is 0.228. The summed E-state index contributed by atoms with van der Waals surface area (Å²) < 4.78 is 13.3. The Labute approximate surface area is 160 Å². The van der Waals surface area contributed by atoms with Crippen LogP contribution in [0.2, 0.25) is 0 Å². The second kappa shape index (κ2) is 9.99. The third-order valence-electron chi connectivity index (χ3n) is 4.79. The first-order valence-corrected chi connectivity index (χ1v) is 9.21. The second-order valence-electron chi connectivity index (χ2n) is 6.45. The van der Waals surface area contributed by atoms with E-state index >= 15 is 0 Å². The molecule has 2 heterocycles. The van der Waals surface area contributed by atoms with Gasteiger partial charge in [-0.3, -0.25) is 0 Å². The van der Waals surface area contributed by atoms with Crippen LogP contribution in [0.3, 0.4) is 0 Å². The summed E-state index contributed by atoms with van der Waals surface area (Å²) >= 11 is 0. The number of halogens is 1. The monoisotopic (exact) mass is 374 g/mol. The molecule has 1 unspecified atom stereocenters. The number of piperidine rings is 1. The first-order valence-electron chi connectivity index (χ1n) is 9.21. The predicted molar refractivity (Wildman–Crippen MR) is 110 cm³/mol. The van der Waals surface area contributed by atoms with E-state index in [-0.39, 0.29) is 5.82 Å². The normalized spacial score (nSPS) is 16.4. The van der Waals surface area contributed by atoms with Gasteiger partial charge in [-0.25, -0.2) is 4.39 Å². The zero-order valence-corrected chi connectivity index (χ0v) is 16.0. The average molecular weight is 375 g/mol. The van der Waals surface area contributed by atoms with E-state index in [0.29, 0.717) is 19.3 Å². The highest BCUT2D eigenvalue weighted by Gasteiger charge is 2.24. The van der Waals surface area contributed by atoms with Crippen LogP contribution in [0.25, 0.3) is 10.9 Å². The van der Waals surface area contributed by atoms with Gasteiger partial charge in [-0.2, -0.15) is 0 Å². The highest BCUT2D eigenvalue weighted by Crippen LogP contribution is 2.19. The van der Waals surface area contributed by atoms with Gasteiger partial charge in [-0.05, 0) is 50.4 Å². The maximum absolute atomic E-state index is 13.3. The molecule has 1 atom stereocenters. The van der Waals surface area contributed by atoms with E-state index in [4.69, 9.17) is 5.73 Å². The van der Waals surface area contributed by atoms with Crippen molar-refractivity contribution in [1.82, 2.24) is 20.1 Å². The summed E-state index contributed by atoms with van der Waals surface area (Å²) in [6.07, 6.45) is 4.10. The van der Waals surface area contributed by atoms with Crippen LogP contribution in [0.4, 0.5) is 4.39 Å². The molecule has 1 fully saturated rings. The van der Waals surface area contributed by atoms with Crippen molar-refractivity contribution in [2.45, 2.75) is 25.4 Å². The molecule has 0 aliphatic carbocycles. The molecule has 0 amide bonds. The van der Waals surface area contributed by atoms with Gasteiger partial charge < -0.3 is 31.6 Å². The maximum atomic E-state index is 13.3. The molecule has 0 saturated carbocycles. The molecule has 7 heteroatoms. The largest absolute Gasteiger partial charge is 0.376 e. The van der Waals surface area contributed by atoms with Gasteiger partial charge in [0, 0.05) is 35.7 Å². The number of nitrogens with one attached hydrogen (secondary N) is 2. The molecule has 0 spiro atoms. The number of hydrogen-bond acceptors (Lipinski definition) is 5. The molecule has 1 aliphatic heterocycles. The van der Waals surface area contributed by atoms with Crippen molar-refractivity contribution >= 4 is 10.9 Å². The lowest BCUT2D eigenvalue weighted by Crippen LogP contribution is -2.49. The summed E-state index contributed by atoms with van der Waals surface area (Å²) in [5.74, 6) is 0.581. The average Bonchev–Trinajstić information content (AvgIpc) is 3.10. The Bertz CT molecular complexity index is 756. The van der Waals surface area contributed by atoms with Crippen LogP contribution >= 0.6 is 0 Å². The van der Waals surface area contributed by atoms with E-state index in [1.165, 1.54) is 19.2 Å².